The molecule has 1 nitrogen and oxygen atoms in total. The number of hydrogen-bond acceptors (Lipinski definition) is 1. The summed E-state index contributed by atoms with van der Waals surface area (Å²) in [7, 11) is 2.19. The molecule has 1 fully saturated rings. The van der Waals surface area contributed by atoms with E-state index in [0.717, 1.165) is 0 Å². The van der Waals surface area contributed by atoms with Crippen molar-refractivity contribution in [2.45, 2.75) is 61.8 Å². The van der Waals surface area contributed by atoms with Crippen LogP contribution in [0.25, 0.3) is 0 Å². The van der Waals surface area contributed by atoms with Gasteiger partial charge in [0.2, 0.25) is 0 Å². The molecule has 1 aliphatic heterocycles. The lowest BCUT2D eigenvalue weighted by Gasteiger charge is -2.48. The zero-order valence-electron chi connectivity index (χ0n) is 13.1. The van der Waals surface area contributed by atoms with Crippen molar-refractivity contribution in [1.29, 1.82) is 0 Å². The second-order valence-electron chi connectivity index (χ2n) is 4.49. The van der Waals surface area contributed by atoms with E-state index in [0.29, 0.717) is 5.41 Å². The van der Waals surface area contributed by atoms with Crippen molar-refractivity contribution >= 4 is 0 Å². The molecule has 0 amide bonds. The van der Waals surface area contributed by atoms with E-state index >= 15 is 0 Å². The molecule has 0 aliphatic carbocycles. The SMILES string of the molecule is CC.CC.CC/C(C)=C(/C)C1(C)CN(C)C1. The van der Waals surface area contributed by atoms with Gasteiger partial charge in [-0.1, -0.05) is 52.7 Å². The summed E-state index contributed by atoms with van der Waals surface area (Å²) in [5, 5.41) is 0. The van der Waals surface area contributed by atoms with Crippen molar-refractivity contribution < 1.29 is 0 Å². The summed E-state index contributed by atoms with van der Waals surface area (Å²) in [6.07, 6.45) is 1.20. The Morgan fingerprint density at radius 1 is 1.06 bits per heavy atom. The molecule has 0 saturated carbocycles. The van der Waals surface area contributed by atoms with E-state index in [2.05, 4.69) is 39.6 Å². The fourth-order valence-corrected chi connectivity index (χ4v) is 2.16. The van der Waals surface area contributed by atoms with Crippen molar-refractivity contribution in [1.82, 2.24) is 4.90 Å². The van der Waals surface area contributed by atoms with E-state index in [1.807, 2.05) is 27.7 Å². The smallest absolute Gasteiger partial charge is 0.0138 e. The minimum absolute atomic E-state index is 0.481. The highest BCUT2D eigenvalue weighted by molar-refractivity contribution is 5.22. The highest BCUT2D eigenvalue weighted by atomic mass is 15.2. The largest absolute Gasteiger partial charge is 0.305 e. The molecule has 0 aromatic carbocycles. The van der Waals surface area contributed by atoms with Gasteiger partial charge in [-0.15, -0.1) is 0 Å². The van der Waals surface area contributed by atoms with Gasteiger partial charge in [0.15, 0.2) is 0 Å². The molecule has 0 unspecified atom stereocenters. The van der Waals surface area contributed by atoms with Gasteiger partial charge in [-0.05, 0) is 27.3 Å². The van der Waals surface area contributed by atoms with Gasteiger partial charge in [-0.2, -0.15) is 0 Å². The van der Waals surface area contributed by atoms with Crippen LogP contribution >= 0.6 is 0 Å². The number of rotatable bonds is 2. The average molecular weight is 227 g/mol. The Bertz CT molecular complexity index is 197. The number of allylic oxidation sites excluding steroid dienone is 1. The summed E-state index contributed by atoms with van der Waals surface area (Å²) in [4.78, 5) is 2.38. The molecule has 0 spiro atoms. The molecule has 0 aromatic heterocycles. The van der Waals surface area contributed by atoms with Crippen LogP contribution in [0.2, 0.25) is 0 Å². The lowest BCUT2D eigenvalue weighted by Crippen LogP contribution is -2.53. The van der Waals surface area contributed by atoms with Crippen LogP contribution in [-0.2, 0) is 0 Å². The molecule has 1 aliphatic rings. The third-order valence-electron chi connectivity index (χ3n) is 3.31. The van der Waals surface area contributed by atoms with Gasteiger partial charge in [0.05, 0.1) is 0 Å². The van der Waals surface area contributed by atoms with Crippen LogP contribution in [0, 0.1) is 5.41 Å². The summed E-state index contributed by atoms with van der Waals surface area (Å²) in [5.74, 6) is 0. The quantitative estimate of drug-likeness (QED) is 0.616. The van der Waals surface area contributed by atoms with Crippen molar-refractivity contribution in [3.63, 3.8) is 0 Å². The second kappa shape index (κ2) is 8.81. The lowest BCUT2D eigenvalue weighted by atomic mass is 9.74. The fraction of sp³-hybridized carbons (Fsp3) is 0.867. The van der Waals surface area contributed by atoms with E-state index in [-0.39, 0.29) is 0 Å². The van der Waals surface area contributed by atoms with Gasteiger partial charge < -0.3 is 4.90 Å². The van der Waals surface area contributed by atoms with Crippen molar-refractivity contribution in [2.75, 3.05) is 20.1 Å². The minimum Gasteiger partial charge on any atom is -0.305 e. The van der Waals surface area contributed by atoms with E-state index in [9.17, 15) is 0 Å². The first kappa shape index (κ1) is 18.1. The molecule has 16 heavy (non-hydrogen) atoms. The Morgan fingerprint density at radius 3 is 1.69 bits per heavy atom. The van der Waals surface area contributed by atoms with Crippen molar-refractivity contribution in [2.24, 2.45) is 5.41 Å². The zero-order valence-corrected chi connectivity index (χ0v) is 13.1. The fourth-order valence-electron chi connectivity index (χ4n) is 2.16. The molecule has 1 rings (SSSR count). The lowest BCUT2D eigenvalue weighted by molar-refractivity contribution is 0.0714. The Morgan fingerprint density at radius 2 is 1.44 bits per heavy atom. The molecular weight excluding hydrogens is 194 g/mol. The standard InChI is InChI=1S/C11H21N.2C2H6/c1-6-9(2)10(3)11(4)7-12(5)8-11;2*1-2/h6-8H2,1-5H3;2*1-2H3/b10-9-;;. The molecule has 1 saturated heterocycles. The van der Waals surface area contributed by atoms with Gasteiger partial charge >= 0.3 is 0 Å². The molecule has 98 valence electrons. The van der Waals surface area contributed by atoms with Crippen LogP contribution in [0.15, 0.2) is 11.1 Å². The highest BCUT2D eigenvalue weighted by Gasteiger charge is 2.38. The van der Waals surface area contributed by atoms with Crippen LogP contribution in [0.3, 0.4) is 0 Å². The van der Waals surface area contributed by atoms with E-state index in [1.54, 1.807) is 11.1 Å². The topological polar surface area (TPSA) is 3.24 Å². The predicted molar refractivity (Wildman–Crippen MR) is 77.0 cm³/mol. The van der Waals surface area contributed by atoms with Crippen LogP contribution in [0.4, 0.5) is 0 Å². The van der Waals surface area contributed by atoms with E-state index < -0.39 is 0 Å². The maximum absolute atomic E-state index is 2.38. The van der Waals surface area contributed by atoms with Crippen LogP contribution in [0.5, 0.6) is 0 Å². The molecule has 1 heterocycles. The zero-order chi connectivity index (χ0) is 13.4. The summed E-state index contributed by atoms with van der Waals surface area (Å²) >= 11 is 0. The van der Waals surface area contributed by atoms with Gasteiger partial charge in [0, 0.05) is 18.5 Å². The van der Waals surface area contributed by atoms with Crippen LogP contribution < -0.4 is 0 Å². The molecule has 0 bridgehead atoms. The second-order valence-corrected chi connectivity index (χ2v) is 4.49. The minimum atomic E-state index is 0.481. The van der Waals surface area contributed by atoms with E-state index in [4.69, 9.17) is 0 Å². The molecule has 1 heteroatoms. The highest BCUT2D eigenvalue weighted by Crippen LogP contribution is 2.37. The van der Waals surface area contributed by atoms with E-state index in [1.165, 1.54) is 19.5 Å². The third-order valence-corrected chi connectivity index (χ3v) is 3.31. The summed E-state index contributed by atoms with van der Waals surface area (Å²) in [6, 6.07) is 0. The summed E-state index contributed by atoms with van der Waals surface area (Å²) in [5.41, 5.74) is 3.67. The summed E-state index contributed by atoms with van der Waals surface area (Å²) < 4.78 is 0. The molecule has 0 radical (unpaired) electrons. The van der Waals surface area contributed by atoms with Crippen molar-refractivity contribution in [3.05, 3.63) is 11.1 Å². The monoisotopic (exact) mass is 227 g/mol. The Kier molecular flexibility index (Phi) is 9.95. The van der Waals surface area contributed by atoms with Gasteiger partial charge in [0.25, 0.3) is 0 Å². The molecule has 0 atom stereocenters. The van der Waals surface area contributed by atoms with Crippen molar-refractivity contribution in [3.8, 4) is 0 Å². The summed E-state index contributed by atoms with van der Waals surface area (Å²) in [6.45, 7) is 19.6. The van der Waals surface area contributed by atoms with Crippen LogP contribution in [0.1, 0.15) is 61.8 Å². The normalized spacial score (nSPS) is 19.3. The molecular formula is C15H33N. The molecule has 0 N–H and O–H groups in total. The first-order chi connectivity index (χ1) is 7.49. The number of hydrogen-bond donors (Lipinski definition) is 0. The third kappa shape index (κ3) is 4.69. The Labute approximate surface area is 104 Å². The predicted octanol–water partition coefficient (Wildman–Crippen LogP) is 4.74. The average Bonchev–Trinajstić information content (AvgIpc) is 2.30. The first-order valence-electron chi connectivity index (χ1n) is 6.85. The maximum Gasteiger partial charge on any atom is 0.0138 e. The molecule has 0 aromatic rings. The maximum atomic E-state index is 2.38. The van der Waals surface area contributed by atoms with Gasteiger partial charge in [-0.3, -0.25) is 0 Å². The van der Waals surface area contributed by atoms with Crippen LogP contribution in [-0.4, -0.2) is 25.0 Å². The Balaban J connectivity index is 0. The first-order valence-corrected chi connectivity index (χ1v) is 6.85. The van der Waals surface area contributed by atoms with Gasteiger partial charge in [-0.25, -0.2) is 0 Å². The number of nitrogens with zero attached hydrogens (tertiary/aromatic N) is 1. The van der Waals surface area contributed by atoms with Gasteiger partial charge in [0.1, 0.15) is 0 Å². The Hall–Kier alpha value is -0.300. The number of likely N-dealkylation sites (tertiary alicyclic amines) is 1.